The molecule has 1 N–H and O–H groups in total. The van der Waals surface area contributed by atoms with E-state index in [-0.39, 0.29) is 21.4 Å². The van der Waals surface area contributed by atoms with Crippen LogP contribution in [0.25, 0.3) is 0 Å². The molecule has 0 unspecified atom stereocenters. The predicted molar refractivity (Wildman–Crippen MR) is 81.6 cm³/mol. The highest BCUT2D eigenvalue weighted by molar-refractivity contribution is 7.86. The lowest BCUT2D eigenvalue weighted by Crippen LogP contribution is -2.07. The van der Waals surface area contributed by atoms with Gasteiger partial charge in [0.1, 0.15) is 0 Å². The zero-order valence-corrected chi connectivity index (χ0v) is 13.5. The Morgan fingerprint density at radius 2 is 1.62 bits per heavy atom. The third-order valence-corrected chi connectivity index (χ3v) is 5.30. The summed E-state index contributed by atoms with van der Waals surface area (Å²) >= 11 is 17.9. The van der Waals surface area contributed by atoms with Gasteiger partial charge >= 0.3 is 10.1 Å². The Morgan fingerprint density at radius 1 is 0.952 bits per heavy atom. The molecular weight excluding hydrogens is 359 g/mol. The molecule has 2 rings (SSSR count). The second-order valence-electron chi connectivity index (χ2n) is 4.15. The van der Waals surface area contributed by atoms with E-state index in [4.69, 9.17) is 40.1 Å². The molecule has 0 aliphatic rings. The molecule has 0 bridgehead atoms. The Bertz CT molecular complexity index is 775. The molecule has 8 heteroatoms. The van der Waals surface area contributed by atoms with Crippen LogP contribution in [0.3, 0.4) is 0 Å². The van der Waals surface area contributed by atoms with Gasteiger partial charge in [0.15, 0.2) is 0 Å². The molecule has 21 heavy (non-hydrogen) atoms. The van der Waals surface area contributed by atoms with E-state index in [9.17, 15) is 8.42 Å². The SMILES string of the molecule is O=S(=O)(OO)c1ccccc1Cc1ccc(Cl)c(Cl)c1Cl. The first-order valence-electron chi connectivity index (χ1n) is 5.65. The highest BCUT2D eigenvalue weighted by Gasteiger charge is 2.20. The van der Waals surface area contributed by atoms with Crippen molar-refractivity contribution in [3.05, 3.63) is 62.6 Å². The van der Waals surface area contributed by atoms with Crippen LogP contribution in [0.15, 0.2) is 41.3 Å². The van der Waals surface area contributed by atoms with Gasteiger partial charge in [0, 0.05) is 6.42 Å². The average molecular weight is 368 g/mol. The number of rotatable bonds is 4. The van der Waals surface area contributed by atoms with E-state index in [1.807, 2.05) is 0 Å². The molecule has 0 amide bonds. The van der Waals surface area contributed by atoms with Crippen LogP contribution < -0.4 is 0 Å². The van der Waals surface area contributed by atoms with Crippen molar-refractivity contribution in [2.45, 2.75) is 11.3 Å². The third-order valence-electron chi connectivity index (χ3n) is 2.84. The Morgan fingerprint density at radius 3 is 2.29 bits per heavy atom. The quantitative estimate of drug-likeness (QED) is 0.494. The molecule has 112 valence electrons. The van der Waals surface area contributed by atoms with Gasteiger partial charge < -0.3 is 0 Å². The first kappa shape index (κ1) is 16.5. The van der Waals surface area contributed by atoms with E-state index in [2.05, 4.69) is 4.33 Å². The molecule has 0 aromatic heterocycles. The summed E-state index contributed by atoms with van der Waals surface area (Å²) in [4.78, 5) is -0.144. The standard InChI is InChI=1S/C13H9Cl3O4S/c14-10-6-5-9(12(15)13(10)16)7-8-3-1-2-4-11(8)21(18,19)20-17/h1-6,17H,7H2. The lowest BCUT2D eigenvalue weighted by molar-refractivity contribution is -0.130. The molecule has 0 aliphatic heterocycles. The van der Waals surface area contributed by atoms with Crippen LogP contribution in [0.4, 0.5) is 0 Å². The maximum absolute atomic E-state index is 11.7. The molecule has 0 saturated heterocycles. The van der Waals surface area contributed by atoms with E-state index in [0.717, 1.165) is 0 Å². The van der Waals surface area contributed by atoms with Gasteiger partial charge in [0.05, 0.1) is 20.0 Å². The monoisotopic (exact) mass is 366 g/mol. The van der Waals surface area contributed by atoms with Gasteiger partial charge in [0.25, 0.3) is 0 Å². The molecule has 0 aliphatic carbocycles. The fraction of sp³-hybridized carbons (Fsp3) is 0.0769. The van der Waals surface area contributed by atoms with Gasteiger partial charge in [-0.1, -0.05) is 59.1 Å². The summed E-state index contributed by atoms with van der Waals surface area (Å²) in [5.74, 6) is 0. The summed E-state index contributed by atoms with van der Waals surface area (Å²) in [5, 5.41) is 9.29. The van der Waals surface area contributed by atoms with Crippen LogP contribution >= 0.6 is 34.8 Å². The van der Waals surface area contributed by atoms with Crippen molar-refractivity contribution in [2.75, 3.05) is 0 Å². The van der Waals surface area contributed by atoms with Gasteiger partial charge in [-0.15, -0.1) is 4.33 Å². The number of hydrogen-bond donors (Lipinski definition) is 1. The van der Waals surface area contributed by atoms with E-state index < -0.39 is 10.1 Å². The van der Waals surface area contributed by atoms with E-state index in [1.54, 1.807) is 24.3 Å². The maximum atomic E-state index is 11.7. The van der Waals surface area contributed by atoms with Crippen LogP contribution in [0, 0.1) is 0 Å². The van der Waals surface area contributed by atoms with E-state index >= 15 is 0 Å². The van der Waals surface area contributed by atoms with Gasteiger partial charge in [-0.3, -0.25) is 0 Å². The largest absolute Gasteiger partial charge is 0.323 e. The van der Waals surface area contributed by atoms with E-state index in [1.165, 1.54) is 12.1 Å². The molecule has 2 aromatic rings. The zero-order valence-electron chi connectivity index (χ0n) is 10.4. The number of hydrogen-bond acceptors (Lipinski definition) is 4. The minimum atomic E-state index is -4.23. The zero-order chi connectivity index (χ0) is 15.6. The molecule has 4 nitrogen and oxygen atoms in total. The molecule has 0 atom stereocenters. The first-order valence-corrected chi connectivity index (χ1v) is 8.19. The topological polar surface area (TPSA) is 63.6 Å². The highest BCUT2D eigenvalue weighted by atomic mass is 35.5. The summed E-state index contributed by atoms with van der Waals surface area (Å²) in [7, 11) is -4.23. The van der Waals surface area contributed by atoms with Gasteiger partial charge in [-0.25, -0.2) is 5.26 Å². The second kappa shape index (κ2) is 6.52. The Labute approximate surface area is 136 Å². The van der Waals surface area contributed by atoms with E-state index in [0.29, 0.717) is 16.1 Å². The minimum absolute atomic E-state index is 0.144. The number of benzene rings is 2. The Hall–Kier alpha value is -0.820. The Kier molecular flexibility index (Phi) is 5.14. The number of halogens is 3. The normalized spacial score (nSPS) is 11.6. The minimum Gasteiger partial charge on any atom is -0.235 e. The van der Waals surface area contributed by atoms with Crippen molar-refractivity contribution >= 4 is 44.9 Å². The van der Waals surface area contributed by atoms with Crippen LogP contribution in [-0.2, 0) is 20.9 Å². The molecule has 0 saturated carbocycles. The van der Waals surface area contributed by atoms with Crippen molar-refractivity contribution in [3.63, 3.8) is 0 Å². The van der Waals surface area contributed by atoms with Crippen molar-refractivity contribution in [3.8, 4) is 0 Å². The van der Waals surface area contributed by atoms with Crippen molar-refractivity contribution in [1.29, 1.82) is 0 Å². The fourth-order valence-electron chi connectivity index (χ4n) is 1.84. The first-order chi connectivity index (χ1) is 9.86. The predicted octanol–water partition coefficient (Wildman–Crippen LogP) is 4.42. The van der Waals surface area contributed by atoms with Crippen molar-refractivity contribution in [1.82, 2.24) is 0 Å². The van der Waals surface area contributed by atoms with Gasteiger partial charge in [0.2, 0.25) is 0 Å². The molecule has 0 spiro atoms. The highest BCUT2D eigenvalue weighted by Crippen LogP contribution is 2.34. The molecule has 0 fully saturated rings. The maximum Gasteiger partial charge on any atom is 0.323 e. The van der Waals surface area contributed by atoms with Crippen molar-refractivity contribution in [2.24, 2.45) is 0 Å². The third kappa shape index (κ3) is 3.51. The summed E-state index contributed by atoms with van der Waals surface area (Å²) in [6, 6.07) is 9.32. The molecule has 0 heterocycles. The summed E-state index contributed by atoms with van der Waals surface area (Å²) in [5.41, 5.74) is 1.01. The summed E-state index contributed by atoms with van der Waals surface area (Å²) in [6.07, 6.45) is 0.189. The van der Waals surface area contributed by atoms with Crippen LogP contribution in [0.5, 0.6) is 0 Å². The molecular formula is C13H9Cl3O4S. The lowest BCUT2D eigenvalue weighted by atomic mass is 10.0. The smallest absolute Gasteiger partial charge is 0.235 e. The summed E-state index contributed by atoms with van der Waals surface area (Å²) < 4.78 is 26.9. The Balaban J connectivity index is 2.49. The van der Waals surface area contributed by atoms with Gasteiger partial charge in [-0.05, 0) is 23.3 Å². The second-order valence-corrected chi connectivity index (χ2v) is 6.81. The van der Waals surface area contributed by atoms with Crippen LogP contribution in [-0.4, -0.2) is 13.7 Å². The van der Waals surface area contributed by atoms with Gasteiger partial charge in [-0.2, -0.15) is 8.42 Å². The lowest BCUT2D eigenvalue weighted by Gasteiger charge is -2.10. The molecule has 0 radical (unpaired) electrons. The average Bonchev–Trinajstić information content (AvgIpc) is 2.48. The summed E-state index contributed by atoms with van der Waals surface area (Å²) in [6.45, 7) is 0. The van der Waals surface area contributed by atoms with Crippen LogP contribution in [0.2, 0.25) is 15.1 Å². The van der Waals surface area contributed by atoms with Crippen LogP contribution in [0.1, 0.15) is 11.1 Å². The fourth-order valence-corrected chi connectivity index (χ4v) is 3.25. The molecule has 2 aromatic carbocycles. The van der Waals surface area contributed by atoms with Crippen molar-refractivity contribution < 1.29 is 18.0 Å².